The number of nitrogens with one attached hydrogen (secondary N) is 1. The van der Waals surface area contributed by atoms with E-state index in [2.05, 4.69) is 56.0 Å². The van der Waals surface area contributed by atoms with Gasteiger partial charge in [0.2, 0.25) is 5.75 Å². The van der Waals surface area contributed by atoms with Gasteiger partial charge in [0, 0.05) is 48.1 Å². The fourth-order valence-electron chi connectivity index (χ4n) is 4.84. The molecular weight excluding hydrogens is 468 g/mol. The highest BCUT2D eigenvalue weighted by Crippen LogP contribution is 2.40. The van der Waals surface area contributed by atoms with Crippen LogP contribution in [0.1, 0.15) is 31.2 Å². The van der Waals surface area contributed by atoms with Crippen molar-refractivity contribution in [1.29, 1.82) is 0 Å². The number of amidine groups is 1. The van der Waals surface area contributed by atoms with Gasteiger partial charge in [-0.1, -0.05) is 17.9 Å². The summed E-state index contributed by atoms with van der Waals surface area (Å²) in [6.45, 7) is 0.491. The van der Waals surface area contributed by atoms with E-state index in [-0.39, 0.29) is 0 Å². The lowest BCUT2D eigenvalue weighted by Crippen LogP contribution is -2.28. The number of ether oxygens (including phenoxy) is 3. The van der Waals surface area contributed by atoms with E-state index < -0.39 is 5.60 Å². The first-order valence-corrected chi connectivity index (χ1v) is 12.3. The molecule has 0 saturated heterocycles. The summed E-state index contributed by atoms with van der Waals surface area (Å²) in [5, 5.41) is 15.1. The van der Waals surface area contributed by atoms with Gasteiger partial charge < -0.3 is 34.1 Å². The van der Waals surface area contributed by atoms with Crippen LogP contribution in [0.3, 0.4) is 0 Å². The smallest absolute Gasteiger partial charge is 0.203 e. The Kier molecular flexibility index (Phi) is 6.72. The van der Waals surface area contributed by atoms with Crippen LogP contribution in [0, 0.1) is 11.8 Å². The van der Waals surface area contributed by atoms with Gasteiger partial charge in [-0.2, -0.15) is 0 Å². The van der Waals surface area contributed by atoms with Crippen LogP contribution in [0.5, 0.6) is 17.2 Å². The van der Waals surface area contributed by atoms with Crippen LogP contribution in [0.15, 0.2) is 53.7 Å². The van der Waals surface area contributed by atoms with Crippen molar-refractivity contribution in [2.24, 2.45) is 4.99 Å². The van der Waals surface area contributed by atoms with Crippen molar-refractivity contribution >= 4 is 28.2 Å². The van der Waals surface area contributed by atoms with Crippen LogP contribution in [-0.4, -0.2) is 61.1 Å². The zero-order valence-corrected chi connectivity index (χ0v) is 21.7. The van der Waals surface area contributed by atoms with Gasteiger partial charge >= 0.3 is 0 Å². The Morgan fingerprint density at radius 2 is 1.73 bits per heavy atom. The predicted octanol–water partition coefficient (Wildman–Crippen LogP) is 4.54. The Labute approximate surface area is 217 Å². The molecule has 2 heterocycles. The fraction of sp³-hybridized carbons (Fsp3) is 0.345. The van der Waals surface area contributed by atoms with Gasteiger partial charge in [-0.05, 0) is 43.9 Å². The largest absolute Gasteiger partial charge is 0.493 e. The molecule has 192 valence electrons. The molecule has 0 unspecified atom stereocenters. The zero-order chi connectivity index (χ0) is 26.0. The highest BCUT2D eigenvalue weighted by Gasteiger charge is 2.28. The maximum absolute atomic E-state index is 10.6. The number of aromatic nitrogens is 1. The van der Waals surface area contributed by atoms with E-state index in [4.69, 9.17) is 14.2 Å². The summed E-state index contributed by atoms with van der Waals surface area (Å²) in [6, 6.07) is 11.9. The molecule has 8 nitrogen and oxygen atoms in total. The standard InChI is InChI=1S/C29H32N4O4/c1-32-19-30-26(31-22-16-24(35-2)28(37-4)25(17-22)36-3)18-27(32)33-14-10-21-8-7-20(15-23(21)33)9-13-29(34)11-5-6-12-29/h7-8,10,14-18,34H,5-6,11-12,19H2,1-4H3,(H,30,31). The SMILES string of the molecule is COc1cc(NC2=NCN(C)C(n3ccc4ccc(C#CC5(O)CCCC5)cc43)=C2)cc(OC)c1OC. The first-order valence-electron chi connectivity index (χ1n) is 12.3. The number of aliphatic imine (C=N–C) groups is 1. The maximum Gasteiger partial charge on any atom is 0.203 e. The minimum Gasteiger partial charge on any atom is -0.493 e. The van der Waals surface area contributed by atoms with Crippen molar-refractivity contribution in [1.82, 2.24) is 9.47 Å². The number of anilines is 1. The van der Waals surface area contributed by atoms with Crippen molar-refractivity contribution in [3.05, 3.63) is 54.2 Å². The molecule has 1 saturated carbocycles. The van der Waals surface area contributed by atoms with Gasteiger partial charge in [0.05, 0.1) is 26.8 Å². The van der Waals surface area contributed by atoms with E-state index in [1.807, 2.05) is 31.3 Å². The van der Waals surface area contributed by atoms with E-state index >= 15 is 0 Å². The molecule has 2 aliphatic rings. The van der Waals surface area contributed by atoms with Crippen LogP contribution < -0.4 is 19.5 Å². The molecule has 0 amide bonds. The first-order chi connectivity index (χ1) is 17.9. The second kappa shape index (κ2) is 10.1. The number of benzene rings is 2. The first kappa shape index (κ1) is 24.6. The Bertz CT molecular complexity index is 1410. The van der Waals surface area contributed by atoms with Crippen molar-refractivity contribution in [2.45, 2.75) is 31.3 Å². The molecule has 37 heavy (non-hydrogen) atoms. The van der Waals surface area contributed by atoms with Gasteiger partial charge in [-0.3, -0.25) is 0 Å². The summed E-state index contributed by atoms with van der Waals surface area (Å²) >= 11 is 0. The maximum atomic E-state index is 10.6. The minimum atomic E-state index is -0.854. The highest BCUT2D eigenvalue weighted by molar-refractivity contribution is 6.08. The van der Waals surface area contributed by atoms with Crippen LogP contribution >= 0.6 is 0 Å². The number of hydrogen-bond acceptors (Lipinski definition) is 7. The lowest BCUT2D eigenvalue weighted by molar-refractivity contribution is 0.110. The average Bonchev–Trinajstić information content (AvgIpc) is 3.54. The summed E-state index contributed by atoms with van der Waals surface area (Å²) in [6.07, 6.45) is 7.61. The molecule has 3 aromatic rings. The minimum absolute atomic E-state index is 0.491. The summed E-state index contributed by atoms with van der Waals surface area (Å²) in [7, 11) is 6.78. The van der Waals surface area contributed by atoms with Crippen molar-refractivity contribution in [2.75, 3.05) is 40.4 Å². The van der Waals surface area contributed by atoms with E-state index in [1.165, 1.54) is 0 Å². The molecule has 1 fully saturated rings. The number of fused-ring (bicyclic) bond motifs is 1. The Morgan fingerprint density at radius 1 is 1.00 bits per heavy atom. The third kappa shape index (κ3) is 4.95. The lowest BCUT2D eigenvalue weighted by Gasteiger charge is -2.27. The second-order valence-corrected chi connectivity index (χ2v) is 9.37. The lowest BCUT2D eigenvalue weighted by atomic mass is 10.0. The highest BCUT2D eigenvalue weighted by atomic mass is 16.5. The zero-order valence-electron chi connectivity index (χ0n) is 21.7. The monoisotopic (exact) mass is 500 g/mol. The molecule has 1 aliphatic carbocycles. The number of nitrogens with zero attached hydrogens (tertiary/aromatic N) is 3. The van der Waals surface area contributed by atoms with Crippen LogP contribution in [0.25, 0.3) is 16.7 Å². The number of hydrogen-bond donors (Lipinski definition) is 2. The molecule has 8 heteroatoms. The van der Waals surface area contributed by atoms with E-state index in [1.54, 1.807) is 21.3 Å². The van der Waals surface area contributed by atoms with Gasteiger partial charge in [0.1, 0.15) is 23.9 Å². The third-order valence-corrected chi connectivity index (χ3v) is 6.86. The molecule has 5 rings (SSSR count). The van der Waals surface area contributed by atoms with Gasteiger partial charge in [0.25, 0.3) is 0 Å². The normalized spacial score (nSPS) is 16.5. The molecule has 1 aliphatic heterocycles. The topological polar surface area (TPSA) is 80.5 Å². The second-order valence-electron chi connectivity index (χ2n) is 9.37. The molecule has 0 atom stereocenters. The van der Waals surface area contributed by atoms with E-state index in [0.29, 0.717) is 29.8 Å². The molecular formula is C29H32N4O4. The quantitative estimate of drug-likeness (QED) is 0.501. The van der Waals surface area contributed by atoms with Gasteiger partial charge in [0.15, 0.2) is 11.5 Å². The molecule has 0 spiro atoms. The molecule has 0 bridgehead atoms. The van der Waals surface area contributed by atoms with Gasteiger partial charge in [-0.25, -0.2) is 4.99 Å². The summed E-state index contributed by atoms with van der Waals surface area (Å²) < 4.78 is 18.5. The van der Waals surface area contributed by atoms with Gasteiger partial charge in [-0.15, -0.1) is 0 Å². The van der Waals surface area contributed by atoms with Crippen LogP contribution in [0.4, 0.5) is 5.69 Å². The Hall–Kier alpha value is -4.09. The molecule has 2 N–H and O–H groups in total. The summed E-state index contributed by atoms with van der Waals surface area (Å²) in [5.74, 6) is 9.67. The molecule has 1 aromatic heterocycles. The fourth-order valence-corrected chi connectivity index (χ4v) is 4.84. The summed E-state index contributed by atoms with van der Waals surface area (Å²) in [5.41, 5.74) is 1.84. The predicted molar refractivity (Wildman–Crippen MR) is 146 cm³/mol. The number of aliphatic hydroxyl groups is 1. The third-order valence-electron chi connectivity index (χ3n) is 6.86. The van der Waals surface area contributed by atoms with Crippen molar-refractivity contribution in [3.8, 4) is 29.1 Å². The van der Waals surface area contributed by atoms with Crippen molar-refractivity contribution in [3.63, 3.8) is 0 Å². The molecule has 2 aromatic carbocycles. The summed E-state index contributed by atoms with van der Waals surface area (Å²) in [4.78, 5) is 6.76. The Morgan fingerprint density at radius 3 is 2.41 bits per heavy atom. The number of rotatable bonds is 5. The Balaban J connectivity index is 1.46. The van der Waals surface area contributed by atoms with Crippen LogP contribution in [0.2, 0.25) is 0 Å². The van der Waals surface area contributed by atoms with Crippen LogP contribution in [-0.2, 0) is 0 Å². The average molecular weight is 501 g/mol. The van der Waals surface area contributed by atoms with E-state index in [0.717, 1.165) is 53.7 Å². The number of methoxy groups -OCH3 is 3. The molecule has 0 radical (unpaired) electrons. The van der Waals surface area contributed by atoms with Crippen molar-refractivity contribution < 1.29 is 19.3 Å². The van der Waals surface area contributed by atoms with E-state index in [9.17, 15) is 5.11 Å².